The minimum absolute atomic E-state index is 0.0708. The van der Waals surface area contributed by atoms with Crippen LogP contribution >= 0.6 is 12.2 Å². The zero-order valence-electron chi connectivity index (χ0n) is 10.4. The van der Waals surface area contributed by atoms with E-state index in [-0.39, 0.29) is 16.9 Å². The summed E-state index contributed by atoms with van der Waals surface area (Å²) in [4.78, 5) is 24.1. The van der Waals surface area contributed by atoms with Crippen LogP contribution < -0.4 is 10.6 Å². The fraction of sp³-hybridized carbons (Fsp3) is 0.583. The fourth-order valence-electron chi connectivity index (χ4n) is 1.89. The summed E-state index contributed by atoms with van der Waals surface area (Å²) in [6, 6.07) is 0. The summed E-state index contributed by atoms with van der Waals surface area (Å²) < 4.78 is 0. The van der Waals surface area contributed by atoms with E-state index < -0.39 is 5.41 Å². The van der Waals surface area contributed by atoms with Crippen molar-refractivity contribution in [3.05, 3.63) is 12.2 Å². The van der Waals surface area contributed by atoms with Crippen LogP contribution in [0.3, 0.4) is 0 Å². The molecule has 1 heterocycles. The second kappa shape index (κ2) is 4.96. The lowest BCUT2D eigenvalue weighted by molar-refractivity contribution is -0.141. The van der Waals surface area contributed by atoms with Crippen LogP contribution in [0, 0.1) is 11.3 Å². The standard InChI is InChI=1S/C12H18N2O2S/c1-7(2)5-6-12(8(3)4)9(15)13-11(17)14-10(12)16/h7H,3,5-6H2,1-2,4H3,(H2,13,14,15,16,17). The summed E-state index contributed by atoms with van der Waals surface area (Å²) in [5.41, 5.74) is -0.622. The number of carbonyl (C=O) groups is 2. The first kappa shape index (κ1) is 13.8. The summed E-state index contributed by atoms with van der Waals surface area (Å²) >= 11 is 4.79. The molecular weight excluding hydrogens is 236 g/mol. The van der Waals surface area contributed by atoms with Crippen molar-refractivity contribution in [2.24, 2.45) is 11.3 Å². The monoisotopic (exact) mass is 254 g/mol. The number of hydrogen-bond donors (Lipinski definition) is 2. The van der Waals surface area contributed by atoms with Crippen molar-refractivity contribution in [2.75, 3.05) is 0 Å². The molecule has 0 aliphatic carbocycles. The molecule has 1 aliphatic rings. The van der Waals surface area contributed by atoms with Gasteiger partial charge in [0.15, 0.2) is 5.11 Å². The van der Waals surface area contributed by atoms with Crippen LogP contribution in [0.2, 0.25) is 0 Å². The molecule has 2 N–H and O–H groups in total. The molecule has 2 amide bonds. The summed E-state index contributed by atoms with van der Waals surface area (Å²) in [6.45, 7) is 9.59. The Kier molecular flexibility index (Phi) is 4.03. The molecule has 1 saturated heterocycles. The first-order chi connectivity index (χ1) is 7.80. The molecule has 1 rings (SSSR count). The van der Waals surface area contributed by atoms with Gasteiger partial charge in [-0.2, -0.15) is 0 Å². The number of carbonyl (C=O) groups excluding carboxylic acids is 2. The van der Waals surface area contributed by atoms with Gasteiger partial charge in [0.05, 0.1) is 0 Å². The molecule has 0 aromatic rings. The quantitative estimate of drug-likeness (QED) is 0.454. The topological polar surface area (TPSA) is 58.2 Å². The van der Waals surface area contributed by atoms with E-state index in [1.165, 1.54) is 0 Å². The third kappa shape index (κ3) is 2.54. The number of thiocarbonyl (C=S) groups is 1. The van der Waals surface area contributed by atoms with E-state index in [1.54, 1.807) is 6.92 Å². The molecule has 1 fully saturated rings. The Morgan fingerprint density at radius 2 is 1.82 bits per heavy atom. The van der Waals surface area contributed by atoms with Crippen LogP contribution in [-0.2, 0) is 9.59 Å². The normalized spacial score (nSPS) is 18.9. The van der Waals surface area contributed by atoms with E-state index in [0.29, 0.717) is 17.9 Å². The lowest BCUT2D eigenvalue weighted by atomic mass is 9.73. The van der Waals surface area contributed by atoms with Crippen LogP contribution in [-0.4, -0.2) is 16.9 Å². The highest BCUT2D eigenvalue weighted by Crippen LogP contribution is 2.35. The molecule has 0 spiro atoms. The molecule has 0 aromatic carbocycles. The maximum atomic E-state index is 12.1. The lowest BCUT2D eigenvalue weighted by Gasteiger charge is -2.35. The van der Waals surface area contributed by atoms with Gasteiger partial charge in [-0.15, -0.1) is 0 Å². The van der Waals surface area contributed by atoms with Crippen molar-refractivity contribution < 1.29 is 9.59 Å². The second-order valence-electron chi connectivity index (χ2n) is 4.86. The Balaban J connectivity index is 3.05. The molecular formula is C12H18N2O2S. The van der Waals surface area contributed by atoms with Gasteiger partial charge >= 0.3 is 0 Å². The van der Waals surface area contributed by atoms with Gasteiger partial charge in [-0.25, -0.2) is 0 Å². The molecule has 94 valence electrons. The van der Waals surface area contributed by atoms with E-state index >= 15 is 0 Å². The summed E-state index contributed by atoms with van der Waals surface area (Å²) in [6.07, 6.45) is 1.24. The Bertz CT molecular complexity index is 368. The largest absolute Gasteiger partial charge is 0.302 e. The average molecular weight is 254 g/mol. The van der Waals surface area contributed by atoms with Crippen LogP contribution in [0.4, 0.5) is 0 Å². The van der Waals surface area contributed by atoms with Crippen LogP contribution in [0.15, 0.2) is 12.2 Å². The Morgan fingerprint density at radius 3 is 2.18 bits per heavy atom. The average Bonchev–Trinajstić information content (AvgIpc) is 2.15. The highest BCUT2D eigenvalue weighted by atomic mass is 32.1. The van der Waals surface area contributed by atoms with Gasteiger partial charge in [-0.3, -0.25) is 9.59 Å². The highest BCUT2D eigenvalue weighted by Gasteiger charge is 2.49. The molecule has 0 aromatic heterocycles. The maximum absolute atomic E-state index is 12.1. The van der Waals surface area contributed by atoms with Crippen molar-refractivity contribution in [3.63, 3.8) is 0 Å². The molecule has 5 heteroatoms. The summed E-state index contributed by atoms with van der Waals surface area (Å²) in [5, 5.41) is 5.08. The first-order valence-electron chi connectivity index (χ1n) is 5.63. The maximum Gasteiger partial charge on any atom is 0.245 e. The van der Waals surface area contributed by atoms with Gasteiger partial charge in [0.1, 0.15) is 5.41 Å². The predicted molar refractivity (Wildman–Crippen MR) is 70.2 cm³/mol. The van der Waals surface area contributed by atoms with E-state index in [2.05, 4.69) is 31.1 Å². The SMILES string of the molecule is C=C(C)C1(CCC(C)C)C(=O)NC(=S)NC1=O. The molecule has 0 saturated carbocycles. The van der Waals surface area contributed by atoms with Gasteiger partial charge < -0.3 is 10.6 Å². The number of hydrogen-bond acceptors (Lipinski definition) is 3. The Hall–Kier alpha value is -1.23. The summed E-state index contributed by atoms with van der Waals surface area (Å²) in [7, 11) is 0. The third-order valence-corrected chi connectivity index (χ3v) is 3.26. The minimum atomic E-state index is -1.17. The molecule has 0 bridgehead atoms. The molecule has 0 radical (unpaired) electrons. The predicted octanol–water partition coefficient (Wildman–Crippen LogP) is 1.52. The van der Waals surface area contributed by atoms with Crippen LogP contribution in [0.1, 0.15) is 33.6 Å². The van der Waals surface area contributed by atoms with Crippen LogP contribution in [0.25, 0.3) is 0 Å². The zero-order valence-corrected chi connectivity index (χ0v) is 11.2. The van der Waals surface area contributed by atoms with Gasteiger partial charge in [0, 0.05) is 0 Å². The lowest BCUT2D eigenvalue weighted by Crippen LogP contribution is -2.62. The minimum Gasteiger partial charge on any atom is -0.302 e. The Morgan fingerprint density at radius 1 is 1.35 bits per heavy atom. The fourth-order valence-corrected chi connectivity index (χ4v) is 2.07. The van der Waals surface area contributed by atoms with Crippen molar-refractivity contribution in [3.8, 4) is 0 Å². The Labute approximate surface area is 107 Å². The summed E-state index contributed by atoms with van der Waals surface area (Å²) in [5.74, 6) is -0.306. The smallest absolute Gasteiger partial charge is 0.245 e. The number of amides is 2. The van der Waals surface area contributed by atoms with Crippen molar-refractivity contribution >= 4 is 29.1 Å². The molecule has 0 atom stereocenters. The van der Waals surface area contributed by atoms with Crippen molar-refractivity contribution in [1.29, 1.82) is 0 Å². The molecule has 4 nitrogen and oxygen atoms in total. The van der Waals surface area contributed by atoms with E-state index in [1.807, 2.05) is 0 Å². The molecule has 0 unspecified atom stereocenters. The van der Waals surface area contributed by atoms with Crippen LogP contribution in [0.5, 0.6) is 0 Å². The van der Waals surface area contributed by atoms with Gasteiger partial charge in [0.2, 0.25) is 11.8 Å². The third-order valence-electron chi connectivity index (χ3n) is 3.05. The zero-order chi connectivity index (χ0) is 13.2. The van der Waals surface area contributed by atoms with Crippen molar-refractivity contribution in [2.45, 2.75) is 33.6 Å². The van der Waals surface area contributed by atoms with E-state index in [4.69, 9.17) is 12.2 Å². The van der Waals surface area contributed by atoms with Gasteiger partial charge in [0.25, 0.3) is 0 Å². The molecule has 17 heavy (non-hydrogen) atoms. The molecule has 1 aliphatic heterocycles. The second-order valence-corrected chi connectivity index (χ2v) is 5.26. The van der Waals surface area contributed by atoms with Crippen molar-refractivity contribution in [1.82, 2.24) is 10.6 Å². The van der Waals surface area contributed by atoms with E-state index in [0.717, 1.165) is 6.42 Å². The highest BCUT2D eigenvalue weighted by molar-refractivity contribution is 7.80. The van der Waals surface area contributed by atoms with Gasteiger partial charge in [-0.05, 0) is 37.9 Å². The number of rotatable bonds is 4. The van der Waals surface area contributed by atoms with E-state index in [9.17, 15) is 9.59 Å². The number of nitrogens with one attached hydrogen (secondary N) is 2. The van der Waals surface area contributed by atoms with Gasteiger partial charge in [-0.1, -0.05) is 26.0 Å². The first-order valence-corrected chi connectivity index (χ1v) is 6.04.